The smallest absolute Gasteiger partial charge is 0.315 e. The summed E-state index contributed by atoms with van der Waals surface area (Å²) in [6.45, 7) is 0.368. The molecule has 1 aromatic heterocycles. The van der Waals surface area contributed by atoms with Crippen molar-refractivity contribution in [2.45, 2.75) is 25.4 Å². The van der Waals surface area contributed by atoms with Crippen molar-refractivity contribution in [2.24, 2.45) is 0 Å². The lowest BCUT2D eigenvalue weighted by Gasteiger charge is -2.16. The Balaban J connectivity index is 1.58. The van der Waals surface area contributed by atoms with Crippen LogP contribution in [-0.4, -0.2) is 30.2 Å². The topological polar surface area (TPSA) is 77.5 Å². The normalized spacial score (nSPS) is 15.7. The van der Waals surface area contributed by atoms with E-state index in [-0.39, 0.29) is 12.1 Å². The summed E-state index contributed by atoms with van der Waals surface area (Å²) in [4.78, 5) is 18.6. The minimum atomic E-state index is -0.228. The van der Waals surface area contributed by atoms with Crippen molar-refractivity contribution in [1.29, 1.82) is 0 Å². The number of anilines is 1. The largest absolute Gasteiger partial charge is 0.508 e. The van der Waals surface area contributed by atoms with E-state index in [4.69, 9.17) is 0 Å². The minimum absolute atomic E-state index is 0.0619. The van der Waals surface area contributed by atoms with Crippen LogP contribution in [0, 0.1) is 0 Å². The molecule has 24 heavy (non-hydrogen) atoms. The first-order valence-corrected chi connectivity index (χ1v) is 8.03. The van der Waals surface area contributed by atoms with Crippen LogP contribution in [-0.2, 0) is 13.0 Å². The Morgan fingerprint density at radius 1 is 1.29 bits per heavy atom. The Hall–Kier alpha value is -2.76. The zero-order valence-corrected chi connectivity index (χ0v) is 13.9. The van der Waals surface area contributed by atoms with Gasteiger partial charge in [0, 0.05) is 14.1 Å². The third kappa shape index (κ3) is 3.42. The van der Waals surface area contributed by atoms with E-state index in [0.717, 1.165) is 35.5 Å². The van der Waals surface area contributed by atoms with Crippen molar-refractivity contribution in [3.05, 3.63) is 53.2 Å². The number of benzene rings is 1. The van der Waals surface area contributed by atoms with E-state index in [1.165, 1.54) is 0 Å². The van der Waals surface area contributed by atoms with Crippen molar-refractivity contribution in [3.8, 4) is 5.75 Å². The number of carbonyl (C=O) groups is 1. The van der Waals surface area contributed by atoms with Crippen LogP contribution in [0.2, 0.25) is 0 Å². The third-order valence-electron chi connectivity index (χ3n) is 4.23. The molecule has 0 radical (unpaired) electrons. The molecule has 1 aromatic carbocycles. The lowest BCUT2D eigenvalue weighted by atomic mass is 10.1. The van der Waals surface area contributed by atoms with Gasteiger partial charge in [0.25, 0.3) is 0 Å². The number of aromatic nitrogens is 1. The van der Waals surface area contributed by atoms with Crippen LogP contribution in [0.3, 0.4) is 0 Å². The summed E-state index contributed by atoms with van der Waals surface area (Å²) < 4.78 is 0. The van der Waals surface area contributed by atoms with E-state index in [9.17, 15) is 9.90 Å². The van der Waals surface area contributed by atoms with Gasteiger partial charge in [0.1, 0.15) is 11.6 Å². The number of pyridine rings is 1. The Morgan fingerprint density at radius 2 is 2.08 bits per heavy atom. The molecule has 0 spiro atoms. The predicted molar refractivity (Wildman–Crippen MR) is 93.1 cm³/mol. The molecule has 1 heterocycles. The van der Waals surface area contributed by atoms with Gasteiger partial charge in [0.2, 0.25) is 0 Å². The van der Waals surface area contributed by atoms with Crippen LogP contribution in [0.4, 0.5) is 10.6 Å². The number of aromatic hydroxyl groups is 1. The first-order valence-electron chi connectivity index (χ1n) is 8.03. The molecule has 6 nitrogen and oxygen atoms in total. The van der Waals surface area contributed by atoms with Gasteiger partial charge in [0.05, 0.1) is 18.3 Å². The molecule has 0 saturated carbocycles. The van der Waals surface area contributed by atoms with Gasteiger partial charge < -0.3 is 20.6 Å². The van der Waals surface area contributed by atoms with Crippen LogP contribution in [0.1, 0.15) is 29.3 Å². The van der Waals surface area contributed by atoms with Gasteiger partial charge >= 0.3 is 6.03 Å². The summed E-state index contributed by atoms with van der Waals surface area (Å²) in [5.74, 6) is 1.16. The molecule has 0 fully saturated rings. The van der Waals surface area contributed by atoms with Crippen molar-refractivity contribution in [3.63, 3.8) is 0 Å². The van der Waals surface area contributed by atoms with Crippen molar-refractivity contribution in [2.75, 3.05) is 19.0 Å². The fraction of sp³-hybridized carbons (Fsp3) is 0.333. The number of amides is 2. The lowest BCUT2D eigenvalue weighted by molar-refractivity contribution is 0.236. The molecule has 0 saturated heterocycles. The summed E-state index contributed by atoms with van der Waals surface area (Å²) in [5.41, 5.74) is 2.74. The number of hydrogen-bond acceptors (Lipinski definition) is 4. The van der Waals surface area contributed by atoms with E-state index in [2.05, 4.69) is 15.6 Å². The summed E-state index contributed by atoms with van der Waals surface area (Å²) in [7, 11) is 3.86. The molecule has 6 heteroatoms. The molecule has 1 atom stereocenters. The maximum absolute atomic E-state index is 12.2. The highest BCUT2D eigenvalue weighted by molar-refractivity contribution is 5.74. The quantitative estimate of drug-likeness (QED) is 0.806. The van der Waals surface area contributed by atoms with Gasteiger partial charge in [-0.2, -0.15) is 0 Å². The second-order valence-electron chi connectivity index (χ2n) is 6.14. The summed E-state index contributed by atoms with van der Waals surface area (Å²) in [6.07, 6.45) is 1.58. The third-order valence-corrected chi connectivity index (χ3v) is 4.23. The Labute approximate surface area is 141 Å². The van der Waals surface area contributed by atoms with Gasteiger partial charge in [-0.25, -0.2) is 9.78 Å². The van der Waals surface area contributed by atoms with Crippen molar-refractivity contribution in [1.82, 2.24) is 15.6 Å². The average molecular weight is 326 g/mol. The second kappa shape index (κ2) is 6.78. The molecule has 1 aliphatic rings. The van der Waals surface area contributed by atoms with Crippen LogP contribution in [0.25, 0.3) is 0 Å². The van der Waals surface area contributed by atoms with Crippen LogP contribution in [0.5, 0.6) is 5.75 Å². The second-order valence-corrected chi connectivity index (χ2v) is 6.14. The fourth-order valence-corrected chi connectivity index (χ4v) is 2.98. The van der Waals surface area contributed by atoms with Crippen molar-refractivity contribution < 1.29 is 9.90 Å². The first-order chi connectivity index (χ1) is 11.5. The lowest BCUT2D eigenvalue weighted by Crippen LogP contribution is -2.37. The number of phenols is 1. The molecule has 3 rings (SSSR count). The number of phenolic OH excluding ortho intramolecular Hbond substituents is 1. The fourth-order valence-electron chi connectivity index (χ4n) is 2.98. The van der Waals surface area contributed by atoms with E-state index in [1.807, 2.05) is 49.3 Å². The Morgan fingerprint density at radius 3 is 2.88 bits per heavy atom. The number of nitrogens with one attached hydrogen (secondary N) is 2. The average Bonchev–Trinajstić information content (AvgIpc) is 2.98. The minimum Gasteiger partial charge on any atom is -0.508 e. The van der Waals surface area contributed by atoms with Crippen molar-refractivity contribution >= 4 is 11.8 Å². The Bertz CT molecular complexity index is 746. The highest BCUT2D eigenvalue weighted by atomic mass is 16.3. The molecule has 3 N–H and O–H groups in total. The number of fused-ring (bicyclic) bond motifs is 1. The van der Waals surface area contributed by atoms with Gasteiger partial charge in [-0.05, 0) is 42.2 Å². The molecular weight excluding hydrogens is 304 g/mol. The molecule has 0 bridgehead atoms. The molecule has 0 aliphatic heterocycles. The van der Waals surface area contributed by atoms with E-state index in [0.29, 0.717) is 12.3 Å². The molecular formula is C18H22N4O2. The maximum Gasteiger partial charge on any atom is 0.315 e. The van der Waals surface area contributed by atoms with Crippen LogP contribution in [0.15, 0.2) is 36.4 Å². The predicted octanol–water partition coefficient (Wildman–Crippen LogP) is 2.34. The molecule has 1 aliphatic carbocycles. The number of carbonyl (C=O) groups excluding carboxylic acids is 1. The zero-order chi connectivity index (χ0) is 17.1. The van der Waals surface area contributed by atoms with E-state index < -0.39 is 0 Å². The molecule has 2 aromatic rings. The Kier molecular flexibility index (Phi) is 4.55. The summed E-state index contributed by atoms with van der Waals surface area (Å²) in [5, 5.41) is 15.7. The van der Waals surface area contributed by atoms with E-state index >= 15 is 0 Å². The van der Waals surface area contributed by atoms with Gasteiger partial charge in [0.15, 0.2) is 0 Å². The standard InChI is InChI=1S/C18H22N4O2/c1-22(2)17-8-3-5-12(20-17)11-19-18(24)21-15-10-9-14-13(15)6-4-7-16(14)23/h3-8,15,23H,9-11H2,1-2H3,(H2,19,21,24)/t15-/m0/s1. The highest BCUT2D eigenvalue weighted by Crippen LogP contribution is 2.36. The number of rotatable bonds is 4. The molecule has 126 valence electrons. The summed E-state index contributed by atoms with van der Waals surface area (Å²) >= 11 is 0. The van der Waals surface area contributed by atoms with E-state index in [1.54, 1.807) is 6.07 Å². The monoisotopic (exact) mass is 326 g/mol. The summed E-state index contributed by atoms with van der Waals surface area (Å²) in [6, 6.07) is 10.9. The number of nitrogens with zero attached hydrogens (tertiary/aromatic N) is 2. The first kappa shape index (κ1) is 16.1. The maximum atomic E-state index is 12.2. The van der Waals surface area contributed by atoms with Gasteiger partial charge in [-0.15, -0.1) is 0 Å². The van der Waals surface area contributed by atoms with Crippen LogP contribution < -0.4 is 15.5 Å². The SMILES string of the molecule is CN(C)c1cccc(CNC(=O)N[C@H]2CCc3c(O)cccc32)n1. The highest BCUT2D eigenvalue weighted by Gasteiger charge is 2.25. The number of hydrogen-bond donors (Lipinski definition) is 3. The zero-order valence-electron chi connectivity index (χ0n) is 13.9. The van der Waals surface area contributed by atoms with Gasteiger partial charge in [-0.3, -0.25) is 0 Å². The molecule has 2 amide bonds. The molecule has 0 unspecified atom stereocenters. The van der Waals surface area contributed by atoms with Gasteiger partial charge in [-0.1, -0.05) is 18.2 Å². The van der Waals surface area contributed by atoms with Crippen LogP contribution >= 0.6 is 0 Å². The number of urea groups is 1.